The number of halogens is 4. The lowest BCUT2D eigenvalue weighted by molar-refractivity contribution is -0.136. The Hall–Kier alpha value is -2.98. The van der Waals surface area contributed by atoms with Gasteiger partial charge in [-0.05, 0) is 24.6 Å². The van der Waals surface area contributed by atoms with Crippen molar-refractivity contribution in [2.24, 2.45) is 0 Å². The van der Waals surface area contributed by atoms with E-state index in [1.807, 2.05) is 0 Å². The van der Waals surface area contributed by atoms with E-state index in [9.17, 15) is 26.4 Å². The summed E-state index contributed by atoms with van der Waals surface area (Å²) < 4.78 is 64.9. The summed E-state index contributed by atoms with van der Waals surface area (Å²) >= 11 is 5.92. The number of nitrogens with zero attached hydrogens (tertiary/aromatic N) is 2. The van der Waals surface area contributed by atoms with Crippen molar-refractivity contribution in [3.8, 4) is 0 Å². The van der Waals surface area contributed by atoms with Crippen LogP contribution in [-0.2, 0) is 21.8 Å². The molecule has 0 spiro atoms. The summed E-state index contributed by atoms with van der Waals surface area (Å²) in [5, 5.41) is 1.11. The fraction of sp³-hybridized carbons (Fsp3) is 0.150. The average Bonchev–Trinajstić information content (AvgIpc) is 2.67. The summed E-state index contributed by atoms with van der Waals surface area (Å²) in [6.45, 7) is 1.80. The minimum absolute atomic E-state index is 0.309. The van der Waals surface area contributed by atoms with Crippen molar-refractivity contribution in [3.63, 3.8) is 0 Å². The van der Waals surface area contributed by atoms with Gasteiger partial charge in [-0.1, -0.05) is 53.6 Å². The Morgan fingerprint density at radius 2 is 1.84 bits per heavy atom. The molecule has 1 amide bonds. The molecule has 162 valence electrons. The van der Waals surface area contributed by atoms with Gasteiger partial charge in [0.25, 0.3) is 5.91 Å². The van der Waals surface area contributed by atoms with Crippen LogP contribution in [0.4, 0.5) is 18.9 Å². The molecule has 1 aromatic heterocycles. The van der Waals surface area contributed by atoms with Crippen LogP contribution in [-0.4, -0.2) is 24.3 Å². The highest BCUT2D eigenvalue weighted by Gasteiger charge is 2.34. The number of amides is 1. The fourth-order valence-electron chi connectivity index (χ4n) is 2.77. The maximum Gasteiger partial charge on any atom is 0.418 e. The summed E-state index contributed by atoms with van der Waals surface area (Å²) in [5.41, 5.74) is -0.798. The third kappa shape index (κ3) is 5.39. The first-order valence-electron chi connectivity index (χ1n) is 8.76. The van der Waals surface area contributed by atoms with Crippen LogP contribution in [0.2, 0.25) is 5.02 Å². The molecule has 0 aliphatic carbocycles. The van der Waals surface area contributed by atoms with Crippen molar-refractivity contribution >= 4 is 33.0 Å². The number of aromatic nitrogens is 2. The van der Waals surface area contributed by atoms with Gasteiger partial charge in [0.05, 0.1) is 28.2 Å². The Kier molecular flexibility index (Phi) is 6.33. The molecule has 3 rings (SSSR count). The second-order valence-corrected chi connectivity index (χ2v) is 8.89. The summed E-state index contributed by atoms with van der Waals surface area (Å²) in [4.78, 5) is 20.0. The van der Waals surface area contributed by atoms with E-state index in [-0.39, 0.29) is 5.02 Å². The summed E-state index contributed by atoms with van der Waals surface area (Å²) in [6.07, 6.45) is -3.79. The number of carbonyl (C=O) groups excluding carboxylic acids is 1. The Morgan fingerprint density at radius 1 is 1.13 bits per heavy atom. The number of benzene rings is 2. The Morgan fingerprint density at radius 3 is 2.52 bits per heavy atom. The van der Waals surface area contributed by atoms with Crippen LogP contribution >= 0.6 is 11.6 Å². The predicted molar refractivity (Wildman–Crippen MR) is 109 cm³/mol. The third-order valence-electron chi connectivity index (χ3n) is 4.14. The van der Waals surface area contributed by atoms with Gasteiger partial charge in [0.2, 0.25) is 15.0 Å². The predicted octanol–water partition coefficient (Wildman–Crippen LogP) is 4.68. The molecular formula is C20H15ClF3N3O3S. The van der Waals surface area contributed by atoms with Crippen LogP contribution in [0.25, 0.3) is 0 Å². The van der Waals surface area contributed by atoms with Gasteiger partial charge in [0, 0.05) is 0 Å². The van der Waals surface area contributed by atoms with E-state index in [2.05, 4.69) is 15.3 Å². The first kappa shape index (κ1) is 22.7. The monoisotopic (exact) mass is 469 g/mol. The smallest absolute Gasteiger partial charge is 0.320 e. The zero-order chi connectivity index (χ0) is 22.8. The van der Waals surface area contributed by atoms with Crippen molar-refractivity contribution in [1.82, 2.24) is 9.97 Å². The van der Waals surface area contributed by atoms with E-state index >= 15 is 0 Å². The SMILES string of the molecule is Cc1cccc(CS(=O)(=O)c2ncc(Cl)c(C(=O)Nc3ccccc3C(F)(F)F)n2)c1. The lowest BCUT2D eigenvalue weighted by atomic mass is 10.1. The van der Waals surface area contributed by atoms with E-state index < -0.39 is 49.8 Å². The van der Waals surface area contributed by atoms with Crippen LogP contribution in [0.3, 0.4) is 0 Å². The number of anilines is 1. The molecule has 6 nitrogen and oxygen atoms in total. The molecule has 2 aromatic carbocycles. The van der Waals surface area contributed by atoms with Crippen LogP contribution in [0.5, 0.6) is 0 Å². The van der Waals surface area contributed by atoms with E-state index in [4.69, 9.17) is 11.6 Å². The first-order chi connectivity index (χ1) is 14.5. The number of hydrogen-bond donors (Lipinski definition) is 1. The molecule has 0 aliphatic rings. The van der Waals surface area contributed by atoms with E-state index in [0.29, 0.717) is 5.56 Å². The van der Waals surface area contributed by atoms with Gasteiger partial charge < -0.3 is 5.32 Å². The van der Waals surface area contributed by atoms with Crippen molar-refractivity contribution < 1.29 is 26.4 Å². The highest BCUT2D eigenvalue weighted by atomic mass is 35.5. The molecule has 1 N–H and O–H groups in total. The number of carbonyl (C=O) groups is 1. The topological polar surface area (TPSA) is 89.0 Å². The van der Waals surface area contributed by atoms with Gasteiger partial charge in [0.1, 0.15) is 0 Å². The molecule has 11 heteroatoms. The zero-order valence-electron chi connectivity index (χ0n) is 15.9. The number of hydrogen-bond acceptors (Lipinski definition) is 5. The average molecular weight is 470 g/mol. The summed E-state index contributed by atoms with van der Waals surface area (Å²) in [6, 6.07) is 11.1. The highest BCUT2D eigenvalue weighted by Crippen LogP contribution is 2.34. The van der Waals surface area contributed by atoms with Gasteiger partial charge in [-0.3, -0.25) is 4.79 Å². The quantitative estimate of drug-likeness (QED) is 0.548. The first-order valence-corrected chi connectivity index (χ1v) is 10.8. The maximum atomic E-state index is 13.2. The molecule has 0 unspecified atom stereocenters. The second kappa shape index (κ2) is 8.64. The lowest BCUT2D eigenvalue weighted by Gasteiger charge is -2.14. The third-order valence-corrected chi connectivity index (χ3v) is 5.88. The molecule has 1 heterocycles. The molecule has 0 saturated carbocycles. The lowest BCUT2D eigenvalue weighted by Crippen LogP contribution is -2.20. The molecule has 0 saturated heterocycles. The molecular weight excluding hydrogens is 455 g/mol. The second-order valence-electron chi connectivity index (χ2n) is 6.59. The molecule has 0 radical (unpaired) electrons. The molecule has 0 atom stereocenters. The van der Waals surface area contributed by atoms with Gasteiger partial charge in [-0.25, -0.2) is 18.4 Å². The van der Waals surface area contributed by atoms with Crippen molar-refractivity contribution in [1.29, 1.82) is 0 Å². The minimum Gasteiger partial charge on any atom is -0.320 e. The van der Waals surface area contributed by atoms with Crippen LogP contribution in [0, 0.1) is 6.92 Å². The minimum atomic E-state index is -4.71. The number of para-hydroxylation sites is 1. The maximum absolute atomic E-state index is 13.2. The van der Waals surface area contributed by atoms with Crippen molar-refractivity contribution in [2.45, 2.75) is 24.0 Å². The van der Waals surface area contributed by atoms with Gasteiger partial charge in [0.15, 0.2) is 5.69 Å². The van der Waals surface area contributed by atoms with E-state index in [0.717, 1.165) is 23.9 Å². The molecule has 0 aliphatic heterocycles. The fourth-order valence-corrected chi connectivity index (χ4v) is 4.13. The number of alkyl halides is 3. The van der Waals surface area contributed by atoms with Crippen molar-refractivity contribution in [2.75, 3.05) is 5.32 Å². The largest absolute Gasteiger partial charge is 0.418 e. The number of nitrogens with one attached hydrogen (secondary N) is 1. The van der Waals surface area contributed by atoms with Gasteiger partial charge >= 0.3 is 6.18 Å². The number of aryl methyl sites for hydroxylation is 1. The van der Waals surface area contributed by atoms with Gasteiger partial charge in [-0.15, -0.1) is 0 Å². The standard InChI is InChI=1S/C20H15ClF3N3O3S/c1-12-5-4-6-13(9-12)11-31(29,30)19-25-10-15(21)17(27-19)18(28)26-16-8-3-2-7-14(16)20(22,23)24/h2-10H,11H2,1H3,(H,26,28). The van der Waals surface area contributed by atoms with Gasteiger partial charge in [-0.2, -0.15) is 13.2 Å². The molecule has 3 aromatic rings. The van der Waals surface area contributed by atoms with Crippen LogP contribution in [0.15, 0.2) is 59.9 Å². The Bertz CT molecular complexity index is 1250. The molecule has 31 heavy (non-hydrogen) atoms. The Labute approximate surface area is 181 Å². The van der Waals surface area contributed by atoms with Crippen molar-refractivity contribution in [3.05, 3.63) is 82.1 Å². The van der Waals surface area contributed by atoms with E-state index in [1.54, 1.807) is 31.2 Å². The Balaban J connectivity index is 1.92. The molecule has 0 bridgehead atoms. The van der Waals surface area contributed by atoms with Crippen LogP contribution in [0.1, 0.15) is 27.2 Å². The normalized spacial score (nSPS) is 11.9. The highest BCUT2D eigenvalue weighted by molar-refractivity contribution is 7.90. The summed E-state index contributed by atoms with van der Waals surface area (Å²) in [5.74, 6) is -1.52. The zero-order valence-corrected chi connectivity index (χ0v) is 17.5. The van der Waals surface area contributed by atoms with Crippen LogP contribution < -0.4 is 5.32 Å². The number of rotatable bonds is 5. The van der Waals surface area contributed by atoms with E-state index in [1.165, 1.54) is 12.1 Å². The molecule has 0 fully saturated rings. The number of sulfone groups is 1. The summed E-state index contributed by atoms with van der Waals surface area (Å²) in [7, 11) is -4.05.